The van der Waals surface area contributed by atoms with Crippen molar-refractivity contribution in [2.24, 2.45) is 5.73 Å². The molecule has 1 unspecified atom stereocenters. The van der Waals surface area contributed by atoms with Gasteiger partial charge in [-0.05, 0) is 0 Å². The first-order valence-corrected chi connectivity index (χ1v) is 6.23. The molecule has 0 spiro atoms. The highest BCUT2D eigenvalue weighted by Gasteiger charge is 2.32. The van der Waals surface area contributed by atoms with Crippen LogP contribution in [0, 0.1) is 0 Å². The lowest BCUT2D eigenvalue weighted by molar-refractivity contribution is -0.138. The zero-order chi connectivity index (χ0) is 13.6. The lowest BCUT2D eigenvalue weighted by Crippen LogP contribution is -2.32. The molecule has 102 valence electrons. The van der Waals surface area contributed by atoms with Crippen molar-refractivity contribution in [2.75, 3.05) is 13.2 Å². The summed E-state index contributed by atoms with van der Waals surface area (Å²) in [6.07, 6.45) is 1.43. The van der Waals surface area contributed by atoms with Gasteiger partial charge in [-0.2, -0.15) is 0 Å². The van der Waals surface area contributed by atoms with Crippen molar-refractivity contribution in [3.63, 3.8) is 0 Å². The molecule has 2 aliphatic heterocycles. The lowest BCUT2D eigenvalue weighted by Gasteiger charge is -2.16. The average molecular weight is 265 g/mol. The van der Waals surface area contributed by atoms with E-state index in [1.165, 1.54) is 0 Å². The summed E-state index contributed by atoms with van der Waals surface area (Å²) in [5.41, 5.74) is 7.92. The minimum Gasteiger partial charge on any atom is -0.504 e. The van der Waals surface area contributed by atoms with Gasteiger partial charge in [0.15, 0.2) is 11.5 Å². The van der Waals surface area contributed by atoms with Crippen LogP contribution in [0.3, 0.4) is 0 Å². The fraction of sp³-hybridized carbons (Fsp3) is 0.462. The molecule has 0 aromatic heterocycles. The van der Waals surface area contributed by atoms with E-state index in [0.29, 0.717) is 43.1 Å². The van der Waals surface area contributed by atoms with Crippen LogP contribution < -0.4 is 15.2 Å². The highest BCUT2D eigenvalue weighted by Crippen LogP contribution is 2.48. The van der Waals surface area contributed by atoms with E-state index in [-0.39, 0.29) is 12.2 Å². The van der Waals surface area contributed by atoms with Gasteiger partial charge in [-0.1, -0.05) is 0 Å². The molecule has 6 heteroatoms. The molecule has 0 fully saturated rings. The summed E-state index contributed by atoms with van der Waals surface area (Å²) in [7, 11) is 0. The number of nitrogens with two attached hydrogens (primary N) is 1. The van der Waals surface area contributed by atoms with E-state index in [9.17, 15) is 9.90 Å². The fourth-order valence-corrected chi connectivity index (χ4v) is 2.70. The van der Waals surface area contributed by atoms with Crippen LogP contribution >= 0.6 is 0 Å². The third kappa shape index (κ3) is 1.79. The number of carboxylic acid groups (broad SMARTS) is 1. The lowest BCUT2D eigenvalue weighted by atomic mass is 9.94. The highest BCUT2D eigenvalue weighted by molar-refractivity contribution is 5.75. The van der Waals surface area contributed by atoms with Crippen molar-refractivity contribution in [1.29, 1.82) is 0 Å². The number of phenols is 1. The van der Waals surface area contributed by atoms with E-state index in [4.69, 9.17) is 20.3 Å². The fourth-order valence-electron chi connectivity index (χ4n) is 2.70. The molecule has 0 aliphatic carbocycles. The van der Waals surface area contributed by atoms with Gasteiger partial charge >= 0.3 is 5.97 Å². The maximum atomic E-state index is 10.9. The predicted octanol–water partition coefficient (Wildman–Crippen LogP) is 0.216. The Labute approximate surface area is 109 Å². The zero-order valence-electron chi connectivity index (χ0n) is 10.3. The topological polar surface area (TPSA) is 102 Å². The molecule has 0 saturated heterocycles. The Kier molecular flexibility index (Phi) is 2.74. The number of aromatic hydroxyl groups is 1. The SMILES string of the molecule is NC(Cc1c2c(c(O)c3c1OCC3)OCC2)C(=O)O. The van der Waals surface area contributed by atoms with Crippen LogP contribution in [0.5, 0.6) is 17.2 Å². The van der Waals surface area contributed by atoms with Gasteiger partial charge in [0.1, 0.15) is 11.8 Å². The molecule has 3 rings (SSSR count). The van der Waals surface area contributed by atoms with E-state index in [2.05, 4.69) is 0 Å². The van der Waals surface area contributed by atoms with Crippen molar-refractivity contribution in [3.05, 3.63) is 16.7 Å². The zero-order valence-corrected chi connectivity index (χ0v) is 10.3. The Morgan fingerprint density at radius 1 is 1.21 bits per heavy atom. The van der Waals surface area contributed by atoms with E-state index in [0.717, 1.165) is 11.1 Å². The molecule has 0 bridgehead atoms. The van der Waals surface area contributed by atoms with Crippen LogP contribution in [-0.4, -0.2) is 35.4 Å². The normalized spacial score (nSPS) is 17.3. The second-order valence-electron chi connectivity index (χ2n) is 4.79. The molecule has 1 aromatic carbocycles. The number of hydrogen-bond acceptors (Lipinski definition) is 5. The summed E-state index contributed by atoms with van der Waals surface area (Å²) >= 11 is 0. The molecular weight excluding hydrogens is 250 g/mol. The van der Waals surface area contributed by atoms with Gasteiger partial charge < -0.3 is 25.4 Å². The van der Waals surface area contributed by atoms with Crippen LogP contribution in [0.2, 0.25) is 0 Å². The number of hydrogen-bond donors (Lipinski definition) is 3. The monoisotopic (exact) mass is 265 g/mol. The van der Waals surface area contributed by atoms with E-state index in [1.54, 1.807) is 0 Å². The molecule has 1 atom stereocenters. The Morgan fingerprint density at radius 3 is 2.53 bits per heavy atom. The maximum Gasteiger partial charge on any atom is 0.320 e. The van der Waals surface area contributed by atoms with Crippen LogP contribution in [0.4, 0.5) is 0 Å². The minimum absolute atomic E-state index is 0.132. The van der Waals surface area contributed by atoms with Crippen molar-refractivity contribution in [1.82, 2.24) is 0 Å². The number of rotatable bonds is 3. The Bertz CT molecular complexity index is 519. The summed E-state index contributed by atoms with van der Waals surface area (Å²) < 4.78 is 11.0. The summed E-state index contributed by atoms with van der Waals surface area (Å²) in [5, 5.41) is 19.1. The smallest absolute Gasteiger partial charge is 0.320 e. The Hall–Kier alpha value is -1.95. The summed E-state index contributed by atoms with van der Waals surface area (Å²) in [6, 6.07) is -0.984. The van der Waals surface area contributed by atoms with Crippen molar-refractivity contribution in [2.45, 2.75) is 25.3 Å². The first kappa shape index (κ1) is 12.1. The van der Waals surface area contributed by atoms with Gasteiger partial charge in [-0.3, -0.25) is 4.79 Å². The van der Waals surface area contributed by atoms with Crippen LogP contribution in [-0.2, 0) is 24.1 Å². The van der Waals surface area contributed by atoms with E-state index >= 15 is 0 Å². The molecule has 0 amide bonds. The standard InChI is InChI=1S/C13H15NO5/c14-9(13(16)17)5-8-6-1-3-19-12(6)10(15)7-2-4-18-11(7)8/h9,15H,1-5,14H2,(H,16,17). The molecular formula is C13H15NO5. The summed E-state index contributed by atoms with van der Waals surface area (Å²) in [6.45, 7) is 0.974. The van der Waals surface area contributed by atoms with Gasteiger partial charge in [0.05, 0.1) is 13.2 Å². The van der Waals surface area contributed by atoms with Crippen LogP contribution in [0.25, 0.3) is 0 Å². The number of carbonyl (C=O) groups is 1. The van der Waals surface area contributed by atoms with Gasteiger partial charge in [0.25, 0.3) is 0 Å². The van der Waals surface area contributed by atoms with Gasteiger partial charge in [0.2, 0.25) is 0 Å². The first-order valence-electron chi connectivity index (χ1n) is 6.23. The minimum atomic E-state index is -1.05. The van der Waals surface area contributed by atoms with E-state index < -0.39 is 12.0 Å². The molecule has 0 radical (unpaired) electrons. The second kappa shape index (κ2) is 4.31. The first-order chi connectivity index (χ1) is 9.09. The van der Waals surface area contributed by atoms with Crippen LogP contribution in [0.15, 0.2) is 0 Å². The molecule has 6 nitrogen and oxygen atoms in total. The second-order valence-corrected chi connectivity index (χ2v) is 4.79. The third-order valence-corrected chi connectivity index (χ3v) is 3.63. The number of benzene rings is 1. The number of aliphatic carboxylic acids is 1. The van der Waals surface area contributed by atoms with Gasteiger partial charge in [-0.15, -0.1) is 0 Å². The number of ether oxygens (including phenoxy) is 2. The van der Waals surface area contributed by atoms with Gasteiger partial charge in [0, 0.05) is 36.0 Å². The molecule has 2 heterocycles. The Balaban J connectivity index is 2.11. The maximum absolute atomic E-state index is 10.9. The highest BCUT2D eigenvalue weighted by atomic mass is 16.5. The molecule has 1 aromatic rings. The molecule has 0 saturated carbocycles. The summed E-state index contributed by atoms with van der Waals surface area (Å²) in [4.78, 5) is 10.9. The predicted molar refractivity (Wildman–Crippen MR) is 65.8 cm³/mol. The van der Waals surface area contributed by atoms with Crippen molar-refractivity contribution >= 4 is 5.97 Å². The van der Waals surface area contributed by atoms with E-state index in [1.807, 2.05) is 0 Å². The average Bonchev–Trinajstić information content (AvgIpc) is 3.02. The quantitative estimate of drug-likeness (QED) is 0.722. The molecule has 19 heavy (non-hydrogen) atoms. The van der Waals surface area contributed by atoms with Crippen LogP contribution in [0.1, 0.15) is 16.7 Å². The third-order valence-electron chi connectivity index (χ3n) is 3.63. The number of fused-ring (bicyclic) bond motifs is 2. The number of phenolic OH excluding ortho intramolecular Hbond substituents is 1. The Morgan fingerprint density at radius 2 is 1.84 bits per heavy atom. The van der Waals surface area contributed by atoms with Crippen molar-refractivity contribution < 1.29 is 24.5 Å². The van der Waals surface area contributed by atoms with Crippen molar-refractivity contribution in [3.8, 4) is 17.2 Å². The van der Waals surface area contributed by atoms with Gasteiger partial charge in [-0.25, -0.2) is 0 Å². The molecule has 4 N–H and O–H groups in total. The largest absolute Gasteiger partial charge is 0.504 e. The molecule has 2 aliphatic rings. The number of carboxylic acids is 1. The summed E-state index contributed by atoms with van der Waals surface area (Å²) in [5.74, 6) is 0.149.